The number of aryl methyl sites for hydroxylation is 2. The zero-order chi connectivity index (χ0) is 20.5. The van der Waals surface area contributed by atoms with Gasteiger partial charge in [-0.3, -0.25) is 4.79 Å². The number of tetrazole rings is 1. The number of aromatic nitrogens is 6. The Balaban J connectivity index is 1.34. The third kappa shape index (κ3) is 2.74. The van der Waals surface area contributed by atoms with Crippen LogP contribution in [0.3, 0.4) is 0 Å². The van der Waals surface area contributed by atoms with Gasteiger partial charge in [0.25, 0.3) is 5.91 Å². The van der Waals surface area contributed by atoms with Gasteiger partial charge in [-0.1, -0.05) is 0 Å². The molecule has 30 heavy (non-hydrogen) atoms. The van der Waals surface area contributed by atoms with Gasteiger partial charge in [0.1, 0.15) is 5.69 Å². The van der Waals surface area contributed by atoms with Crippen molar-refractivity contribution in [2.75, 3.05) is 5.73 Å². The van der Waals surface area contributed by atoms with Gasteiger partial charge in [-0.05, 0) is 88.2 Å². The summed E-state index contributed by atoms with van der Waals surface area (Å²) in [6.07, 6.45) is 10.2. The molecule has 7 rings (SSSR count). The van der Waals surface area contributed by atoms with E-state index in [9.17, 15) is 4.79 Å². The van der Waals surface area contributed by atoms with Crippen LogP contribution >= 0.6 is 0 Å². The van der Waals surface area contributed by atoms with Gasteiger partial charge >= 0.3 is 0 Å². The molecule has 2 aromatic rings. The van der Waals surface area contributed by atoms with Gasteiger partial charge in [0, 0.05) is 16.8 Å². The van der Waals surface area contributed by atoms with Crippen molar-refractivity contribution >= 4 is 11.9 Å². The lowest BCUT2D eigenvalue weighted by atomic mass is 9.50. The molecule has 2 heterocycles. The molecule has 4 saturated carbocycles. The van der Waals surface area contributed by atoms with Gasteiger partial charge < -0.3 is 11.1 Å². The van der Waals surface area contributed by atoms with Crippen LogP contribution in [0.5, 0.6) is 0 Å². The Morgan fingerprint density at radius 2 is 1.90 bits per heavy atom. The Morgan fingerprint density at radius 3 is 2.63 bits per heavy atom. The van der Waals surface area contributed by atoms with Gasteiger partial charge in [-0.15, -0.1) is 10.2 Å². The molecular formula is C21H28N8O. The Labute approximate surface area is 175 Å². The van der Waals surface area contributed by atoms with Gasteiger partial charge in [-0.25, -0.2) is 9.97 Å². The second-order valence-corrected chi connectivity index (χ2v) is 10.1. The van der Waals surface area contributed by atoms with E-state index in [2.05, 4.69) is 30.7 Å². The van der Waals surface area contributed by atoms with Crippen LogP contribution in [0.15, 0.2) is 0 Å². The summed E-state index contributed by atoms with van der Waals surface area (Å²) in [5, 5.41) is 16.5. The van der Waals surface area contributed by atoms with E-state index in [4.69, 9.17) is 5.73 Å². The molecule has 0 aromatic carbocycles. The van der Waals surface area contributed by atoms with Crippen molar-refractivity contribution in [1.29, 1.82) is 0 Å². The highest BCUT2D eigenvalue weighted by molar-refractivity contribution is 5.94. The topological polar surface area (TPSA) is 124 Å². The highest BCUT2D eigenvalue weighted by atomic mass is 16.2. The summed E-state index contributed by atoms with van der Waals surface area (Å²) in [5.41, 5.74) is 8.00. The van der Waals surface area contributed by atoms with E-state index in [-0.39, 0.29) is 22.9 Å². The molecule has 2 aromatic heterocycles. The molecule has 5 aliphatic carbocycles. The third-order valence-electron chi connectivity index (χ3n) is 7.76. The van der Waals surface area contributed by atoms with E-state index in [1.54, 1.807) is 0 Å². The van der Waals surface area contributed by atoms with E-state index in [0.29, 0.717) is 23.4 Å². The molecule has 3 N–H and O–H groups in total. The normalized spacial score (nSPS) is 34.0. The number of rotatable bonds is 3. The van der Waals surface area contributed by atoms with Crippen LogP contribution < -0.4 is 11.1 Å². The van der Waals surface area contributed by atoms with Crippen molar-refractivity contribution < 1.29 is 4.79 Å². The molecule has 0 radical (unpaired) electrons. The van der Waals surface area contributed by atoms with Crippen molar-refractivity contribution in [1.82, 2.24) is 35.5 Å². The minimum atomic E-state index is -0.232. The van der Waals surface area contributed by atoms with Gasteiger partial charge in [0.05, 0.1) is 5.54 Å². The fourth-order valence-corrected chi connectivity index (χ4v) is 7.18. The van der Waals surface area contributed by atoms with Crippen molar-refractivity contribution in [3.05, 3.63) is 22.8 Å². The minimum absolute atomic E-state index is 0.0953. The van der Waals surface area contributed by atoms with Gasteiger partial charge in [0.15, 0.2) is 5.82 Å². The molecule has 1 amide bonds. The number of hydrogen-bond acceptors (Lipinski definition) is 7. The van der Waals surface area contributed by atoms with Crippen LogP contribution in [0.2, 0.25) is 0 Å². The average Bonchev–Trinajstić information content (AvgIpc) is 3.13. The Morgan fingerprint density at radius 1 is 1.13 bits per heavy atom. The standard InChI is InChI=1S/C21H28N8O/c1-12-26-28-29(27-12)21-9-13-6-14(10-21)8-20(7-13,11-21)25-18(30)17-15-4-2-3-5-16(15)23-19(22)24-17/h13-14H,2-11H2,1H3,(H,25,30)(H2,22,23,24). The number of carbonyl (C=O) groups is 1. The Hall–Kier alpha value is -2.58. The number of fused-ring (bicyclic) bond motifs is 1. The van der Waals surface area contributed by atoms with Crippen molar-refractivity contribution in [3.63, 3.8) is 0 Å². The van der Waals surface area contributed by atoms with Crippen LogP contribution in [-0.2, 0) is 18.4 Å². The Kier molecular flexibility index (Phi) is 3.77. The summed E-state index contributed by atoms with van der Waals surface area (Å²) < 4.78 is 0. The number of hydrogen-bond donors (Lipinski definition) is 2. The number of nitrogens with one attached hydrogen (secondary N) is 1. The summed E-state index contributed by atoms with van der Waals surface area (Å²) in [6.45, 7) is 1.88. The number of nitrogen functional groups attached to an aromatic ring is 1. The van der Waals surface area contributed by atoms with Crippen LogP contribution in [0.1, 0.15) is 78.9 Å². The lowest BCUT2D eigenvalue weighted by Gasteiger charge is -2.61. The van der Waals surface area contributed by atoms with Crippen molar-refractivity contribution in [3.8, 4) is 0 Å². The van der Waals surface area contributed by atoms with Crippen molar-refractivity contribution in [2.24, 2.45) is 11.8 Å². The summed E-state index contributed by atoms with van der Waals surface area (Å²) in [5.74, 6) is 1.98. The van der Waals surface area contributed by atoms with E-state index in [1.807, 2.05) is 11.7 Å². The molecule has 9 nitrogen and oxygen atoms in total. The number of anilines is 1. The summed E-state index contributed by atoms with van der Waals surface area (Å²) in [7, 11) is 0. The maximum Gasteiger partial charge on any atom is 0.270 e. The smallest absolute Gasteiger partial charge is 0.270 e. The fraction of sp³-hybridized carbons (Fsp3) is 0.714. The highest BCUT2D eigenvalue weighted by Crippen LogP contribution is 2.60. The Bertz CT molecular complexity index is 1020. The maximum atomic E-state index is 13.5. The zero-order valence-electron chi connectivity index (χ0n) is 17.4. The second-order valence-electron chi connectivity index (χ2n) is 10.1. The van der Waals surface area contributed by atoms with Crippen LogP contribution in [0, 0.1) is 18.8 Å². The lowest BCUT2D eigenvalue weighted by molar-refractivity contribution is -0.0811. The zero-order valence-corrected chi connectivity index (χ0v) is 17.4. The van der Waals surface area contributed by atoms with E-state index in [1.165, 1.54) is 6.42 Å². The molecular weight excluding hydrogens is 380 g/mol. The average molecular weight is 409 g/mol. The molecule has 0 aliphatic heterocycles. The molecule has 4 fully saturated rings. The van der Waals surface area contributed by atoms with E-state index in [0.717, 1.165) is 69.0 Å². The fourth-order valence-electron chi connectivity index (χ4n) is 7.18. The number of nitrogens with zero attached hydrogens (tertiary/aromatic N) is 6. The summed E-state index contributed by atoms with van der Waals surface area (Å²) >= 11 is 0. The molecule has 0 spiro atoms. The highest BCUT2D eigenvalue weighted by Gasteiger charge is 2.60. The summed E-state index contributed by atoms with van der Waals surface area (Å²) in [4.78, 5) is 24.1. The molecule has 9 heteroatoms. The minimum Gasteiger partial charge on any atom is -0.368 e. The first kappa shape index (κ1) is 18.2. The maximum absolute atomic E-state index is 13.5. The third-order valence-corrected chi connectivity index (χ3v) is 7.76. The summed E-state index contributed by atoms with van der Waals surface area (Å²) in [6, 6.07) is 0. The van der Waals surface area contributed by atoms with E-state index < -0.39 is 0 Å². The number of amides is 1. The predicted octanol–water partition coefficient (Wildman–Crippen LogP) is 1.71. The first-order valence-corrected chi connectivity index (χ1v) is 11.2. The van der Waals surface area contributed by atoms with Crippen molar-refractivity contribution in [2.45, 2.75) is 82.2 Å². The largest absolute Gasteiger partial charge is 0.368 e. The van der Waals surface area contributed by atoms with Crippen LogP contribution in [0.25, 0.3) is 0 Å². The molecule has 5 aliphatic rings. The number of nitrogens with two attached hydrogens (primary N) is 1. The predicted molar refractivity (Wildman–Crippen MR) is 108 cm³/mol. The molecule has 4 bridgehead atoms. The first-order valence-electron chi connectivity index (χ1n) is 11.2. The quantitative estimate of drug-likeness (QED) is 0.792. The second kappa shape index (κ2) is 6.21. The van der Waals surface area contributed by atoms with E-state index >= 15 is 0 Å². The molecule has 2 unspecified atom stereocenters. The molecule has 0 saturated heterocycles. The number of carbonyl (C=O) groups excluding carboxylic acids is 1. The SMILES string of the molecule is Cc1nnn(C23CC4CC(CC(NC(=O)c5nc(N)nc6c5CCCC6)(C4)C2)C3)n1. The monoisotopic (exact) mass is 408 g/mol. The first-order chi connectivity index (χ1) is 14.4. The van der Waals surface area contributed by atoms with Gasteiger partial charge in [-0.2, -0.15) is 4.80 Å². The van der Waals surface area contributed by atoms with Crippen LogP contribution in [-0.4, -0.2) is 41.6 Å². The molecule has 2 atom stereocenters. The van der Waals surface area contributed by atoms with Gasteiger partial charge in [0.2, 0.25) is 5.95 Å². The van der Waals surface area contributed by atoms with Crippen LogP contribution in [0.4, 0.5) is 5.95 Å². The lowest BCUT2D eigenvalue weighted by Crippen LogP contribution is -2.66. The molecule has 158 valence electrons.